The predicted octanol–water partition coefficient (Wildman–Crippen LogP) is 2.37. The molecule has 1 rings (SSSR count). The summed E-state index contributed by atoms with van der Waals surface area (Å²) in [6.07, 6.45) is -4.59. The van der Waals surface area contributed by atoms with Gasteiger partial charge in [-0.3, -0.25) is 10.1 Å². The molecule has 1 aromatic heterocycles. The van der Waals surface area contributed by atoms with Gasteiger partial charge in [0.15, 0.2) is 0 Å². The number of hydrogen-bond donors (Lipinski definition) is 0. The van der Waals surface area contributed by atoms with Crippen molar-refractivity contribution < 1.29 is 32.0 Å². The largest absolute Gasteiger partial charge is 0.574 e. The molecule has 100 valence electrons. The molecule has 6 nitrogen and oxygen atoms in total. The van der Waals surface area contributed by atoms with Gasteiger partial charge in [-0.15, -0.1) is 13.2 Å². The number of ether oxygens (including phenoxy) is 2. The second-order valence-electron chi connectivity index (χ2n) is 2.90. The number of rotatable bonds is 4. The molecular formula is C8H6F4N2O4. The monoisotopic (exact) mass is 270 g/mol. The number of hydrogen-bond acceptors (Lipinski definition) is 5. The maximum Gasteiger partial charge on any atom is 0.574 e. The number of nitrogens with zero attached hydrogens (tertiary/aromatic N) is 2. The highest BCUT2D eigenvalue weighted by molar-refractivity contribution is 5.53. The SMILES string of the molecule is COc1c([N+](=O)[O-])cnc(OC(F)(F)F)c1CF. The summed E-state index contributed by atoms with van der Waals surface area (Å²) in [7, 11) is 0.957. The molecule has 0 aromatic carbocycles. The van der Waals surface area contributed by atoms with E-state index >= 15 is 0 Å². The minimum absolute atomic E-state index is 0.499. The number of alkyl halides is 4. The third-order valence-electron chi connectivity index (χ3n) is 1.82. The van der Waals surface area contributed by atoms with Gasteiger partial charge in [0.2, 0.25) is 11.6 Å². The van der Waals surface area contributed by atoms with Crippen LogP contribution in [0.4, 0.5) is 23.2 Å². The Morgan fingerprint density at radius 1 is 1.50 bits per heavy atom. The summed E-state index contributed by atoms with van der Waals surface area (Å²) in [6.45, 7) is -1.46. The average Bonchev–Trinajstić information content (AvgIpc) is 2.25. The number of aromatic nitrogens is 1. The van der Waals surface area contributed by atoms with Gasteiger partial charge in [0.1, 0.15) is 12.9 Å². The van der Waals surface area contributed by atoms with Crippen molar-refractivity contribution in [1.29, 1.82) is 0 Å². The lowest BCUT2D eigenvalue weighted by Gasteiger charge is -2.12. The molecule has 0 aliphatic rings. The van der Waals surface area contributed by atoms with Gasteiger partial charge < -0.3 is 9.47 Å². The van der Waals surface area contributed by atoms with Gasteiger partial charge in [-0.25, -0.2) is 9.37 Å². The maximum atomic E-state index is 12.7. The summed E-state index contributed by atoms with van der Waals surface area (Å²) in [5, 5.41) is 10.5. The van der Waals surface area contributed by atoms with Gasteiger partial charge in [-0.2, -0.15) is 0 Å². The van der Waals surface area contributed by atoms with E-state index in [9.17, 15) is 27.7 Å². The minimum Gasteiger partial charge on any atom is -0.490 e. The van der Waals surface area contributed by atoms with Gasteiger partial charge in [0, 0.05) is 0 Å². The van der Waals surface area contributed by atoms with Crippen LogP contribution in [0.1, 0.15) is 5.56 Å². The quantitative estimate of drug-likeness (QED) is 0.477. The van der Waals surface area contributed by atoms with E-state index in [1.165, 1.54) is 0 Å². The van der Waals surface area contributed by atoms with Gasteiger partial charge in [-0.1, -0.05) is 0 Å². The molecular weight excluding hydrogens is 264 g/mol. The molecule has 0 spiro atoms. The fourth-order valence-corrected chi connectivity index (χ4v) is 1.18. The Labute approximate surface area is 97.3 Å². The maximum absolute atomic E-state index is 12.7. The lowest BCUT2D eigenvalue weighted by Crippen LogP contribution is -2.19. The lowest BCUT2D eigenvalue weighted by molar-refractivity contribution is -0.386. The van der Waals surface area contributed by atoms with Crippen molar-refractivity contribution >= 4 is 5.69 Å². The molecule has 1 heterocycles. The van der Waals surface area contributed by atoms with Crippen LogP contribution >= 0.6 is 0 Å². The molecule has 0 saturated carbocycles. The van der Waals surface area contributed by atoms with Crippen LogP contribution in [0.25, 0.3) is 0 Å². The van der Waals surface area contributed by atoms with Crippen LogP contribution < -0.4 is 9.47 Å². The predicted molar refractivity (Wildman–Crippen MR) is 48.9 cm³/mol. The third-order valence-corrected chi connectivity index (χ3v) is 1.82. The molecule has 10 heteroatoms. The Kier molecular flexibility index (Phi) is 3.89. The highest BCUT2D eigenvalue weighted by atomic mass is 19.4. The Hall–Kier alpha value is -2.13. The van der Waals surface area contributed by atoms with Gasteiger partial charge in [-0.05, 0) is 0 Å². The molecule has 0 amide bonds. The van der Waals surface area contributed by atoms with E-state index in [4.69, 9.17) is 0 Å². The zero-order valence-electron chi connectivity index (χ0n) is 8.82. The van der Waals surface area contributed by atoms with Gasteiger partial charge in [0.05, 0.1) is 17.6 Å². The first-order chi connectivity index (χ1) is 8.30. The first-order valence-corrected chi connectivity index (χ1v) is 4.32. The van der Waals surface area contributed by atoms with Crippen LogP contribution in [-0.4, -0.2) is 23.4 Å². The van der Waals surface area contributed by atoms with Crippen molar-refractivity contribution in [3.05, 3.63) is 21.9 Å². The van der Waals surface area contributed by atoms with Crippen molar-refractivity contribution in [1.82, 2.24) is 4.98 Å². The normalized spacial score (nSPS) is 11.2. The molecule has 0 N–H and O–H groups in total. The zero-order valence-corrected chi connectivity index (χ0v) is 8.82. The van der Waals surface area contributed by atoms with Crippen LogP contribution in [-0.2, 0) is 6.67 Å². The number of halogens is 4. The second-order valence-corrected chi connectivity index (χ2v) is 2.90. The van der Waals surface area contributed by atoms with Crippen molar-refractivity contribution in [2.45, 2.75) is 13.0 Å². The molecule has 0 atom stereocenters. The molecule has 0 bridgehead atoms. The Morgan fingerprint density at radius 3 is 2.50 bits per heavy atom. The molecule has 18 heavy (non-hydrogen) atoms. The number of pyridine rings is 1. The topological polar surface area (TPSA) is 74.5 Å². The second kappa shape index (κ2) is 5.02. The first-order valence-electron chi connectivity index (χ1n) is 4.32. The highest BCUT2D eigenvalue weighted by Gasteiger charge is 2.35. The van der Waals surface area contributed by atoms with E-state index in [1.807, 2.05) is 0 Å². The Bertz CT molecular complexity index is 463. The Morgan fingerprint density at radius 2 is 2.11 bits per heavy atom. The van der Waals surface area contributed by atoms with Gasteiger partial charge >= 0.3 is 12.0 Å². The summed E-state index contributed by atoms with van der Waals surface area (Å²) < 4.78 is 56.6. The Balaban J connectivity index is 3.34. The van der Waals surface area contributed by atoms with Crippen LogP contribution in [0, 0.1) is 10.1 Å². The highest BCUT2D eigenvalue weighted by Crippen LogP contribution is 2.37. The van der Waals surface area contributed by atoms with Crippen molar-refractivity contribution in [2.75, 3.05) is 7.11 Å². The zero-order chi connectivity index (χ0) is 13.9. The van der Waals surface area contributed by atoms with Crippen LogP contribution in [0.5, 0.6) is 11.6 Å². The van der Waals surface area contributed by atoms with Crippen molar-refractivity contribution in [2.24, 2.45) is 0 Å². The smallest absolute Gasteiger partial charge is 0.490 e. The average molecular weight is 270 g/mol. The van der Waals surface area contributed by atoms with E-state index in [2.05, 4.69) is 14.5 Å². The summed E-state index contributed by atoms with van der Waals surface area (Å²) in [5.41, 5.74) is -1.52. The van der Waals surface area contributed by atoms with Gasteiger partial charge in [0.25, 0.3) is 0 Å². The summed E-state index contributed by atoms with van der Waals surface area (Å²) >= 11 is 0. The minimum atomic E-state index is -5.09. The van der Waals surface area contributed by atoms with Crippen LogP contribution in [0.3, 0.4) is 0 Å². The fraction of sp³-hybridized carbons (Fsp3) is 0.375. The molecule has 0 fully saturated rings. The number of nitro groups is 1. The lowest BCUT2D eigenvalue weighted by atomic mass is 10.2. The molecule has 0 radical (unpaired) electrons. The van der Waals surface area contributed by atoms with Crippen molar-refractivity contribution in [3.8, 4) is 11.6 Å². The van der Waals surface area contributed by atoms with E-state index < -0.39 is 40.8 Å². The van der Waals surface area contributed by atoms with E-state index in [-0.39, 0.29) is 0 Å². The summed E-state index contributed by atoms with van der Waals surface area (Å²) in [5.74, 6) is -1.77. The molecule has 0 aliphatic carbocycles. The van der Waals surface area contributed by atoms with Crippen LogP contribution in [0.2, 0.25) is 0 Å². The van der Waals surface area contributed by atoms with E-state index in [1.54, 1.807) is 0 Å². The summed E-state index contributed by atoms with van der Waals surface area (Å²) in [4.78, 5) is 12.7. The fourth-order valence-electron chi connectivity index (χ4n) is 1.18. The van der Waals surface area contributed by atoms with Crippen LogP contribution in [0.15, 0.2) is 6.20 Å². The molecule has 0 saturated heterocycles. The molecule has 0 unspecified atom stereocenters. The first kappa shape index (κ1) is 13.9. The standard InChI is InChI=1S/C8H6F4N2O4/c1-17-6-4(2-9)7(18-8(10,11)12)13-3-5(6)14(15)16/h3H,2H2,1H3. The van der Waals surface area contributed by atoms with Crippen molar-refractivity contribution in [3.63, 3.8) is 0 Å². The van der Waals surface area contributed by atoms with E-state index in [0.29, 0.717) is 6.20 Å². The number of methoxy groups -OCH3 is 1. The summed E-state index contributed by atoms with van der Waals surface area (Å²) in [6, 6.07) is 0. The molecule has 1 aromatic rings. The van der Waals surface area contributed by atoms with E-state index in [0.717, 1.165) is 7.11 Å². The third kappa shape index (κ3) is 2.96. The molecule has 0 aliphatic heterocycles.